The third-order valence-corrected chi connectivity index (χ3v) is 8.07. The van der Waals surface area contributed by atoms with Gasteiger partial charge in [0.1, 0.15) is 19.1 Å². The van der Waals surface area contributed by atoms with Crippen LogP contribution in [0.2, 0.25) is 0 Å². The van der Waals surface area contributed by atoms with Gasteiger partial charge in [-0.2, -0.15) is 0 Å². The number of esters is 1. The molecule has 0 aliphatic carbocycles. The minimum absolute atomic E-state index is 0. The number of piperidine rings is 3. The lowest BCUT2D eigenvalue weighted by molar-refractivity contribution is -0.938. The Morgan fingerprint density at radius 3 is 2.28 bits per heavy atom. The molecule has 36 heavy (non-hydrogen) atoms. The average Bonchev–Trinajstić information content (AvgIpc) is 2.88. The van der Waals surface area contributed by atoms with Crippen molar-refractivity contribution in [3.05, 3.63) is 71.8 Å². The maximum atomic E-state index is 13.7. The molecule has 0 saturated carbocycles. The first-order chi connectivity index (χ1) is 16.9. The molecular formula is C28H34ClN3O4. The van der Waals surface area contributed by atoms with Crippen LogP contribution in [-0.4, -0.2) is 90.9 Å². The molecule has 0 N–H and O–H groups in total. The summed E-state index contributed by atoms with van der Waals surface area (Å²) < 4.78 is 6.92. The smallest absolute Gasteiger partial charge is 0.328 e. The first-order valence-corrected chi connectivity index (χ1v) is 12.6. The molecule has 4 aliphatic heterocycles. The van der Waals surface area contributed by atoms with Crippen molar-refractivity contribution in [1.29, 1.82) is 0 Å². The van der Waals surface area contributed by atoms with E-state index in [9.17, 15) is 14.4 Å². The lowest BCUT2D eigenvalue weighted by Crippen LogP contribution is -3.00. The van der Waals surface area contributed by atoms with E-state index in [1.54, 1.807) is 11.9 Å². The van der Waals surface area contributed by atoms with Gasteiger partial charge in [-0.15, -0.1) is 0 Å². The Hall–Kier alpha value is -2.74. The number of hydrogen-bond donors (Lipinski definition) is 0. The molecule has 6 rings (SSSR count). The number of piperazine rings is 1. The molecule has 4 fully saturated rings. The van der Waals surface area contributed by atoms with Gasteiger partial charge >= 0.3 is 5.97 Å². The summed E-state index contributed by atoms with van der Waals surface area (Å²) in [5.74, 6) is 0.196. The zero-order valence-corrected chi connectivity index (χ0v) is 21.5. The lowest BCUT2D eigenvalue weighted by atomic mass is 9.82. The van der Waals surface area contributed by atoms with E-state index in [4.69, 9.17) is 4.74 Å². The standard InChI is InChI=1S/C28H34N3O4.ClH/c1-29-14-15-30(18-26(29)33)27(23-10-6-3-7-11-23)28(34)35-25-20-31(16-12-22(25)13-17-31)19-24(32)21-8-4-2-5-9-21;/h2-11,22,25,27H,12-20H2,1H3;1H/q+1;/p-1/t22?,25-,27?,31?;/m0./s1. The van der Waals surface area contributed by atoms with E-state index >= 15 is 0 Å². The number of Topliss-reactive ketones (excluding diaryl/α,β-unsaturated/α-hetero) is 1. The van der Waals surface area contributed by atoms with Gasteiger partial charge < -0.3 is 26.5 Å². The number of quaternary nitrogens is 1. The van der Waals surface area contributed by atoms with E-state index in [0.717, 1.165) is 37.1 Å². The van der Waals surface area contributed by atoms with Crippen LogP contribution in [0.25, 0.3) is 0 Å². The van der Waals surface area contributed by atoms with Gasteiger partial charge in [-0.25, -0.2) is 4.79 Å². The monoisotopic (exact) mass is 511 g/mol. The summed E-state index contributed by atoms with van der Waals surface area (Å²) in [5, 5.41) is 0. The number of nitrogens with zero attached hydrogens (tertiary/aromatic N) is 3. The molecule has 0 aromatic heterocycles. The van der Waals surface area contributed by atoms with Gasteiger partial charge in [-0.05, 0) is 5.56 Å². The van der Waals surface area contributed by atoms with Gasteiger partial charge in [-0.3, -0.25) is 14.5 Å². The molecule has 7 nitrogen and oxygen atoms in total. The quantitative estimate of drug-likeness (QED) is 0.286. The highest BCUT2D eigenvalue weighted by molar-refractivity contribution is 5.97. The van der Waals surface area contributed by atoms with Crippen LogP contribution in [0.4, 0.5) is 0 Å². The zero-order chi connectivity index (χ0) is 24.4. The third-order valence-electron chi connectivity index (χ3n) is 8.07. The Morgan fingerprint density at radius 1 is 1.00 bits per heavy atom. The Kier molecular flexibility index (Phi) is 8.13. The minimum atomic E-state index is -0.608. The highest BCUT2D eigenvalue weighted by Gasteiger charge is 2.49. The van der Waals surface area contributed by atoms with Gasteiger partial charge in [0.05, 0.1) is 19.6 Å². The number of halogens is 1. The van der Waals surface area contributed by atoms with Crippen molar-refractivity contribution in [2.45, 2.75) is 25.0 Å². The largest absolute Gasteiger partial charge is 1.00 e. The Balaban J connectivity index is 0.00000304. The maximum absolute atomic E-state index is 13.7. The molecule has 1 unspecified atom stereocenters. The topological polar surface area (TPSA) is 66.9 Å². The first-order valence-electron chi connectivity index (χ1n) is 12.6. The number of hydrogen-bond acceptors (Lipinski definition) is 5. The number of fused-ring (bicyclic) bond motifs is 3. The predicted molar refractivity (Wildman–Crippen MR) is 131 cm³/mol. The molecule has 4 heterocycles. The van der Waals surface area contributed by atoms with Crippen LogP contribution in [-0.2, 0) is 14.3 Å². The molecule has 192 valence electrons. The molecule has 0 radical (unpaired) electrons. The SMILES string of the molecule is CN1CCN(C(C(=O)O[C@H]2C[N+]3(CC(=O)c4ccccc4)CCC2CC3)c2ccccc2)CC1=O.[Cl-]. The van der Waals surface area contributed by atoms with Crippen LogP contribution in [0.1, 0.15) is 34.8 Å². The van der Waals surface area contributed by atoms with Crippen molar-refractivity contribution >= 4 is 17.7 Å². The van der Waals surface area contributed by atoms with Crippen molar-refractivity contribution < 1.29 is 36.0 Å². The Morgan fingerprint density at radius 2 is 1.64 bits per heavy atom. The molecule has 1 amide bonds. The fourth-order valence-electron chi connectivity index (χ4n) is 5.94. The summed E-state index contributed by atoms with van der Waals surface area (Å²) in [4.78, 5) is 42.7. The number of ether oxygens (including phenoxy) is 1. The molecule has 2 aromatic carbocycles. The van der Waals surface area contributed by atoms with E-state index in [-0.39, 0.29) is 42.7 Å². The molecule has 2 bridgehead atoms. The van der Waals surface area contributed by atoms with Crippen LogP contribution in [0.5, 0.6) is 0 Å². The molecule has 4 saturated heterocycles. The number of amides is 1. The second kappa shape index (κ2) is 11.1. The molecule has 2 aromatic rings. The van der Waals surface area contributed by atoms with Crippen molar-refractivity contribution in [1.82, 2.24) is 9.80 Å². The minimum Gasteiger partial charge on any atom is -1.00 e. The lowest BCUT2D eigenvalue weighted by Gasteiger charge is -2.51. The predicted octanol–water partition coefficient (Wildman–Crippen LogP) is -0.459. The summed E-state index contributed by atoms with van der Waals surface area (Å²) in [5.41, 5.74) is 1.59. The summed E-state index contributed by atoms with van der Waals surface area (Å²) in [6.45, 7) is 4.43. The van der Waals surface area contributed by atoms with Crippen LogP contribution < -0.4 is 12.4 Å². The number of benzene rings is 2. The highest BCUT2D eigenvalue weighted by atomic mass is 35.5. The second-order valence-corrected chi connectivity index (χ2v) is 10.3. The van der Waals surface area contributed by atoms with Gasteiger partial charge in [0.25, 0.3) is 0 Å². The van der Waals surface area contributed by atoms with Crippen molar-refractivity contribution in [3.8, 4) is 0 Å². The fraction of sp³-hybridized carbons (Fsp3) is 0.464. The van der Waals surface area contributed by atoms with E-state index in [1.807, 2.05) is 65.6 Å². The number of ketones is 1. The van der Waals surface area contributed by atoms with Crippen molar-refractivity contribution in [2.75, 3.05) is 52.9 Å². The summed E-state index contributed by atoms with van der Waals surface area (Å²) >= 11 is 0. The average molecular weight is 512 g/mol. The molecular weight excluding hydrogens is 478 g/mol. The van der Waals surface area contributed by atoms with Crippen LogP contribution in [0.15, 0.2) is 60.7 Å². The van der Waals surface area contributed by atoms with Crippen LogP contribution in [0, 0.1) is 5.92 Å². The van der Waals surface area contributed by atoms with Gasteiger partial charge in [0.2, 0.25) is 11.7 Å². The van der Waals surface area contributed by atoms with E-state index < -0.39 is 6.04 Å². The van der Waals surface area contributed by atoms with Gasteiger partial charge in [-0.1, -0.05) is 60.7 Å². The van der Waals surface area contributed by atoms with E-state index in [1.165, 1.54) is 0 Å². The first kappa shape index (κ1) is 26.3. The van der Waals surface area contributed by atoms with E-state index in [0.29, 0.717) is 36.6 Å². The summed E-state index contributed by atoms with van der Waals surface area (Å²) in [7, 11) is 1.79. The van der Waals surface area contributed by atoms with Gasteiger partial charge in [0.15, 0.2) is 6.10 Å². The van der Waals surface area contributed by atoms with Crippen molar-refractivity contribution in [2.24, 2.45) is 5.92 Å². The summed E-state index contributed by atoms with van der Waals surface area (Å²) in [6, 6.07) is 18.5. The number of carbonyl (C=O) groups excluding carboxylic acids is 3. The Labute approximate surface area is 219 Å². The number of rotatable bonds is 7. The highest BCUT2D eigenvalue weighted by Crippen LogP contribution is 2.37. The summed E-state index contributed by atoms with van der Waals surface area (Å²) in [6.07, 6.45) is 1.72. The normalized spacial score (nSPS) is 26.7. The van der Waals surface area contributed by atoms with E-state index in [2.05, 4.69) is 0 Å². The number of carbonyl (C=O) groups is 3. The third kappa shape index (κ3) is 5.48. The molecule has 0 spiro atoms. The van der Waals surface area contributed by atoms with Crippen LogP contribution >= 0.6 is 0 Å². The van der Waals surface area contributed by atoms with Crippen LogP contribution in [0.3, 0.4) is 0 Å². The Bertz CT molecular complexity index is 1070. The van der Waals surface area contributed by atoms with Crippen molar-refractivity contribution in [3.63, 3.8) is 0 Å². The fourth-order valence-corrected chi connectivity index (χ4v) is 5.94. The second-order valence-electron chi connectivity index (χ2n) is 10.3. The maximum Gasteiger partial charge on any atom is 0.328 e. The molecule has 4 aliphatic rings. The molecule has 8 heteroatoms. The zero-order valence-electron chi connectivity index (χ0n) is 20.7. The molecule has 2 atom stereocenters. The van der Waals surface area contributed by atoms with Gasteiger partial charge in [0, 0.05) is 44.5 Å². The number of likely N-dealkylation sites (N-methyl/N-ethyl adjacent to an activating group) is 1.